The highest BCUT2D eigenvalue weighted by Crippen LogP contribution is 2.07. The lowest BCUT2D eigenvalue weighted by molar-refractivity contribution is 0.0704. The smallest absolute Gasteiger partial charge is 0.255 e. The molecule has 16 heavy (non-hydrogen) atoms. The molecule has 2 N–H and O–H groups in total. The highest BCUT2D eigenvalue weighted by molar-refractivity contribution is 5.94. The van der Waals surface area contributed by atoms with Crippen molar-refractivity contribution in [1.29, 1.82) is 0 Å². The van der Waals surface area contributed by atoms with Crippen LogP contribution in [0.25, 0.3) is 0 Å². The van der Waals surface area contributed by atoms with E-state index in [2.05, 4.69) is 4.98 Å². The van der Waals surface area contributed by atoms with Crippen LogP contribution in [0.5, 0.6) is 0 Å². The fourth-order valence-corrected chi connectivity index (χ4v) is 1.51. The lowest BCUT2D eigenvalue weighted by Crippen LogP contribution is -2.38. The molecule has 0 unspecified atom stereocenters. The number of pyridine rings is 1. The van der Waals surface area contributed by atoms with Gasteiger partial charge in [-0.3, -0.25) is 9.78 Å². The van der Waals surface area contributed by atoms with E-state index in [9.17, 15) is 4.79 Å². The van der Waals surface area contributed by atoms with Gasteiger partial charge in [0.2, 0.25) is 0 Å². The molecule has 0 spiro atoms. The number of carbonyl (C=O) groups is 1. The fraction of sp³-hybridized carbons (Fsp3) is 0.500. The molecule has 1 aromatic rings. The first-order chi connectivity index (χ1) is 7.66. The molecule has 0 aliphatic carbocycles. The van der Waals surface area contributed by atoms with Crippen molar-refractivity contribution in [3.8, 4) is 0 Å². The first kappa shape index (κ1) is 12.6. The van der Waals surface area contributed by atoms with Crippen molar-refractivity contribution in [3.63, 3.8) is 0 Å². The standard InChI is InChI=1S/C12H19N3O/c1-10(2)15(8-4-6-13)12(16)11-5-3-7-14-9-11/h3,5,7,9-10H,4,6,8,13H2,1-2H3. The molecular weight excluding hydrogens is 202 g/mol. The van der Waals surface area contributed by atoms with Crippen LogP contribution in [0.1, 0.15) is 30.6 Å². The molecule has 0 saturated carbocycles. The van der Waals surface area contributed by atoms with E-state index in [1.807, 2.05) is 18.7 Å². The first-order valence-corrected chi connectivity index (χ1v) is 5.58. The van der Waals surface area contributed by atoms with E-state index in [-0.39, 0.29) is 11.9 Å². The second kappa shape index (κ2) is 6.23. The largest absolute Gasteiger partial charge is 0.336 e. The molecule has 0 aliphatic heterocycles. The third-order valence-electron chi connectivity index (χ3n) is 2.40. The Kier molecular flexibility index (Phi) is 4.92. The minimum absolute atomic E-state index is 0.0246. The van der Waals surface area contributed by atoms with Crippen LogP contribution >= 0.6 is 0 Å². The molecule has 4 heteroatoms. The fourth-order valence-electron chi connectivity index (χ4n) is 1.51. The Hall–Kier alpha value is -1.42. The molecule has 1 aromatic heterocycles. The molecule has 1 amide bonds. The zero-order valence-electron chi connectivity index (χ0n) is 9.89. The highest BCUT2D eigenvalue weighted by Gasteiger charge is 2.17. The van der Waals surface area contributed by atoms with Gasteiger partial charge in [-0.2, -0.15) is 0 Å². The lowest BCUT2D eigenvalue weighted by atomic mass is 10.2. The highest BCUT2D eigenvalue weighted by atomic mass is 16.2. The average Bonchev–Trinajstić information content (AvgIpc) is 2.30. The summed E-state index contributed by atoms with van der Waals surface area (Å²) in [5.41, 5.74) is 6.10. The molecule has 0 radical (unpaired) electrons. The number of aromatic nitrogens is 1. The zero-order valence-corrected chi connectivity index (χ0v) is 9.89. The Morgan fingerprint density at radius 1 is 1.56 bits per heavy atom. The predicted octanol–water partition coefficient (Wildman–Crippen LogP) is 1.28. The summed E-state index contributed by atoms with van der Waals surface area (Å²) < 4.78 is 0. The molecule has 1 rings (SSSR count). The number of hydrogen-bond acceptors (Lipinski definition) is 3. The minimum atomic E-state index is 0.0246. The topological polar surface area (TPSA) is 59.2 Å². The van der Waals surface area contributed by atoms with Crippen LogP contribution in [-0.4, -0.2) is 34.9 Å². The van der Waals surface area contributed by atoms with Crippen LogP contribution in [0.3, 0.4) is 0 Å². The molecule has 0 saturated heterocycles. The van der Waals surface area contributed by atoms with Crippen molar-refractivity contribution in [1.82, 2.24) is 9.88 Å². The van der Waals surface area contributed by atoms with Crippen molar-refractivity contribution in [2.75, 3.05) is 13.1 Å². The van der Waals surface area contributed by atoms with Crippen molar-refractivity contribution in [2.24, 2.45) is 5.73 Å². The van der Waals surface area contributed by atoms with E-state index in [1.54, 1.807) is 24.5 Å². The maximum Gasteiger partial charge on any atom is 0.255 e. The van der Waals surface area contributed by atoms with E-state index < -0.39 is 0 Å². The van der Waals surface area contributed by atoms with Crippen LogP contribution in [0.15, 0.2) is 24.5 Å². The third kappa shape index (κ3) is 3.31. The summed E-state index contributed by atoms with van der Waals surface area (Å²) >= 11 is 0. The quantitative estimate of drug-likeness (QED) is 0.814. The van der Waals surface area contributed by atoms with Gasteiger partial charge in [0.15, 0.2) is 0 Å². The molecule has 0 aromatic carbocycles. The summed E-state index contributed by atoms with van der Waals surface area (Å²) in [6, 6.07) is 3.74. The van der Waals surface area contributed by atoms with E-state index in [0.717, 1.165) is 6.42 Å². The predicted molar refractivity (Wildman–Crippen MR) is 64.1 cm³/mol. The molecule has 4 nitrogen and oxygen atoms in total. The Labute approximate surface area is 96.5 Å². The Morgan fingerprint density at radius 3 is 2.81 bits per heavy atom. The monoisotopic (exact) mass is 221 g/mol. The van der Waals surface area contributed by atoms with Crippen LogP contribution in [0.2, 0.25) is 0 Å². The first-order valence-electron chi connectivity index (χ1n) is 5.58. The number of carbonyl (C=O) groups excluding carboxylic acids is 1. The van der Waals surface area contributed by atoms with Crippen LogP contribution in [0.4, 0.5) is 0 Å². The van der Waals surface area contributed by atoms with Gasteiger partial charge >= 0.3 is 0 Å². The molecule has 0 aliphatic rings. The van der Waals surface area contributed by atoms with Crippen molar-refractivity contribution >= 4 is 5.91 Å². The van der Waals surface area contributed by atoms with Gasteiger partial charge in [-0.15, -0.1) is 0 Å². The van der Waals surface area contributed by atoms with Crippen LogP contribution < -0.4 is 5.73 Å². The number of amides is 1. The maximum absolute atomic E-state index is 12.1. The van der Waals surface area contributed by atoms with E-state index in [4.69, 9.17) is 5.73 Å². The summed E-state index contributed by atoms with van der Waals surface area (Å²) in [4.78, 5) is 17.9. The average molecular weight is 221 g/mol. The Bertz CT molecular complexity index is 324. The van der Waals surface area contributed by atoms with Crippen LogP contribution in [0, 0.1) is 0 Å². The van der Waals surface area contributed by atoms with Gasteiger partial charge < -0.3 is 10.6 Å². The zero-order chi connectivity index (χ0) is 12.0. The molecule has 1 heterocycles. The summed E-state index contributed by atoms with van der Waals surface area (Å²) in [6.07, 6.45) is 4.08. The van der Waals surface area contributed by atoms with Crippen molar-refractivity contribution in [3.05, 3.63) is 30.1 Å². The Morgan fingerprint density at radius 2 is 2.31 bits per heavy atom. The van der Waals surface area contributed by atoms with E-state index in [1.165, 1.54) is 0 Å². The summed E-state index contributed by atoms with van der Waals surface area (Å²) in [5, 5.41) is 0. The maximum atomic E-state index is 12.1. The summed E-state index contributed by atoms with van der Waals surface area (Å²) in [5.74, 6) is 0.0246. The van der Waals surface area contributed by atoms with Crippen LogP contribution in [-0.2, 0) is 0 Å². The van der Waals surface area contributed by atoms with E-state index in [0.29, 0.717) is 18.7 Å². The lowest BCUT2D eigenvalue weighted by Gasteiger charge is -2.26. The Balaban J connectivity index is 2.75. The number of nitrogens with two attached hydrogens (primary N) is 1. The molecule has 0 fully saturated rings. The molecule has 0 atom stereocenters. The normalized spacial score (nSPS) is 10.5. The van der Waals surface area contributed by atoms with Gasteiger partial charge in [-0.25, -0.2) is 0 Å². The minimum Gasteiger partial charge on any atom is -0.336 e. The number of nitrogens with zero attached hydrogens (tertiary/aromatic N) is 2. The van der Waals surface area contributed by atoms with Gasteiger partial charge in [-0.1, -0.05) is 0 Å². The summed E-state index contributed by atoms with van der Waals surface area (Å²) in [6.45, 7) is 5.31. The summed E-state index contributed by atoms with van der Waals surface area (Å²) in [7, 11) is 0. The number of rotatable bonds is 5. The molecule has 88 valence electrons. The SMILES string of the molecule is CC(C)N(CCCN)C(=O)c1cccnc1. The van der Waals surface area contributed by atoms with Gasteiger partial charge in [0.1, 0.15) is 0 Å². The molecular formula is C12H19N3O. The molecule has 0 bridgehead atoms. The van der Waals surface area contributed by atoms with Gasteiger partial charge in [-0.05, 0) is 38.9 Å². The second-order valence-corrected chi connectivity index (χ2v) is 3.98. The third-order valence-corrected chi connectivity index (χ3v) is 2.40. The number of hydrogen-bond donors (Lipinski definition) is 1. The second-order valence-electron chi connectivity index (χ2n) is 3.98. The van der Waals surface area contributed by atoms with E-state index >= 15 is 0 Å². The van der Waals surface area contributed by atoms with Crippen molar-refractivity contribution in [2.45, 2.75) is 26.3 Å². The van der Waals surface area contributed by atoms with Gasteiger partial charge in [0, 0.05) is 25.0 Å². The van der Waals surface area contributed by atoms with Crippen molar-refractivity contribution < 1.29 is 4.79 Å². The van der Waals surface area contributed by atoms with Gasteiger partial charge in [0.25, 0.3) is 5.91 Å². The van der Waals surface area contributed by atoms with Gasteiger partial charge in [0.05, 0.1) is 5.56 Å².